The lowest BCUT2D eigenvalue weighted by Gasteiger charge is -2.13. The number of hydrogen-bond acceptors (Lipinski definition) is 6. The standard InChI is InChI=1S/C28H22N2O5/c1-33-28-15-22(10-12-27(28)35-18-21-7-5-6-20(14-21)17-29)19-34-26-13-11-24(16-25(26)30(31)32)23-8-3-2-4-9-23/h2-16H,18-19H2,1H3. The minimum absolute atomic E-state index is 0.0992. The fourth-order valence-corrected chi connectivity index (χ4v) is 3.57. The zero-order chi connectivity index (χ0) is 24.6. The van der Waals surface area contributed by atoms with Gasteiger partial charge in [-0.3, -0.25) is 10.1 Å². The molecule has 0 saturated heterocycles. The van der Waals surface area contributed by atoms with Gasteiger partial charge in [0.25, 0.3) is 0 Å². The first kappa shape index (κ1) is 23.3. The van der Waals surface area contributed by atoms with Crippen molar-refractivity contribution < 1.29 is 19.1 Å². The third kappa shape index (κ3) is 5.75. The van der Waals surface area contributed by atoms with Crippen molar-refractivity contribution in [3.8, 4) is 34.4 Å². The van der Waals surface area contributed by atoms with Gasteiger partial charge in [-0.25, -0.2) is 0 Å². The Hall–Kier alpha value is -4.83. The minimum atomic E-state index is -0.444. The minimum Gasteiger partial charge on any atom is -0.493 e. The average Bonchev–Trinajstić information content (AvgIpc) is 2.91. The lowest BCUT2D eigenvalue weighted by Crippen LogP contribution is -2.02. The van der Waals surface area contributed by atoms with Crippen molar-refractivity contribution in [3.63, 3.8) is 0 Å². The van der Waals surface area contributed by atoms with E-state index in [1.165, 1.54) is 13.2 Å². The van der Waals surface area contributed by atoms with Crippen LogP contribution in [0.2, 0.25) is 0 Å². The topological polar surface area (TPSA) is 94.6 Å². The lowest BCUT2D eigenvalue weighted by atomic mass is 10.0. The molecule has 0 N–H and O–H groups in total. The van der Waals surface area contributed by atoms with E-state index in [1.54, 1.807) is 42.5 Å². The van der Waals surface area contributed by atoms with Crippen LogP contribution >= 0.6 is 0 Å². The molecule has 7 nitrogen and oxygen atoms in total. The maximum atomic E-state index is 11.7. The highest BCUT2D eigenvalue weighted by Crippen LogP contribution is 2.34. The van der Waals surface area contributed by atoms with E-state index in [-0.39, 0.29) is 24.7 Å². The highest BCUT2D eigenvalue weighted by atomic mass is 16.6. The molecule has 4 aromatic rings. The van der Waals surface area contributed by atoms with E-state index < -0.39 is 4.92 Å². The summed E-state index contributed by atoms with van der Waals surface area (Å²) in [5.41, 5.74) is 3.73. The summed E-state index contributed by atoms with van der Waals surface area (Å²) in [4.78, 5) is 11.2. The molecule has 0 atom stereocenters. The number of methoxy groups -OCH3 is 1. The molecular formula is C28H22N2O5. The Morgan fingerprint density at radius 3 is 2.20 bits per heavy atom. The highest BCUT2D eigenvalue weighted by molar-refractivity contribution is 5.68. The number of nitrogens with zero attached hydrogens (tertiary/aromatic N) is 2. The van der Waals surface area contributed by atoms with Crippen LogP contribution in [0.1, 0.15) is 16.7 Å². The Labute approximate surface area is 202 Å². The Morgan fingerprint density at radius 1 is 0.771 bits per heavy atom. The third-order valence-corrected chi connectivity index (χ3v) is 5.34. The van der Waals surface area contributed by atoms with Crippen LogP contribution in [0.25, 0.3) is 11.1 Å². The van der Waals surface area contributed by atoms with Crippen LogP contribution in [-0.4, -0.2) is 12.0 Å². The third-order valence-electron chi connectivity index (χ3n) is 5.34. The second-order valence-electron chi connectivity index (χ2n) is 7.68. The SMILES string of the molecule is COc1cc(COc2ccc(-c3ccccc3)cc2[N+](=O)[O-])ccc1OCc1cccc(C#N)c1. The van der Waals surface area contributed by atoms with Crippen LogP contribution in [-0.2, 0) is 13.2 Å². The van der Waals surface area contributed by atoms with Gasteiger partial charge in [0, 0.05) is 6.07 Å². The van der Waals surface area contributed by atoms with Crippen LogP contribution < -0.4 is 14.2 Å². The molecular weight excluding hydrogens is 444 g/mol. The van der Waals surface area contributed by atoms with E-state index in [0.717, 1.165) is 22.3 Å². The second-order valence-corrected chi connectivity index (χ2v) is 7.68. The molecule has 0 spiro atoms. The van der Waals surface area contributed by atoms with E-state index in [2.05, 4.69) is 6.07 Å². The summed E-state index contributed by atoms with van der Waals surface area (Å²) in [5.74, 6) is 1.24. The van der Waals surface area contributed by atoms with Gasteiger partial charge in [-0.2, -0.15) is 5.26 Å². The first-order chi connectivity index (χ1) is 17.1. The van der Waals surface area contributed by atoms with E-state index in [1.807, 2.05) is 42.5 Å². The van der Waals surface area contributed by atoms with Gasteiger partial charge >= 0.3 is 5.69 Å². The highest BCUT2D eigenvalue weighted by Gasteiger charge is 2.17. The van der Waals surface area contributed by atoms with Crippen molar-refractivity contribution >= 4 is 5.69 Å². The van der Waals surface area contributed by atoms with Crippen LogP contribution in [0.5, 0.6) is 17.2 Å². The van der Waals surface area contributed by atoms with E-state index in [0.29, 0.717) is 17.1 Å². The predicted molar refractivity (Wildman–Crippen MR) is 131 cm³/mol. The van der Waals surface area contributed by atoms with Gasteiger partial charge in [-0.05, 0) is 52.6 Å². The quantitative estimate of drug-likeness (QED) is 0.212. The molecule has 0 amide bonds. The number of hydrogen-bond donors (Lipinski definition) is 0. The first-order valence-electron chi connectivity index (χ1n) is 10.8. The van der Waals surface area contributed by atoms with Gasteiger partial charge in [0.1, 0.15) is 13.2 Å². The molecule has 0 bridgehead atoms. The summed E-state index contributed by atoms with van der Waals surface area (Å²) >= 11 is 0. The number of nitro benzene ring substituents is 1. The molecule has 0 aromatic heterocycles. The lowest BCUT2D eigenvalue weighted by molar-refractivity contribution is -0.385. The summed E-state index contributed by atoms with van der Waals surface area (Å²) in [5, 5.41) is 20.7. The molecule has 0 aliphatic carbocycles. The smallest absolute Gasteiger partial charge is 0.311 e. The Bertz CT molecular complexity index is 1380. The maximum absolute atomic E-state index is 11.7. The molecule has 0 heterocycles. The van der Waals surface area contributed by atoms with E-state index >= 15 is 0 Å². The summed E-state index contributed by atoms with van der Waals surface area (Å²) in [6.07, 6.45) is 0. The molecule has 174 valence electrons. The van der Waals surface area contributed by atoms with Crippen molar-refractivity contribution in [3.05, 3.63) is 118 Å². The Kier molecular flexibility index (Phi) is 7.24. The van der Waals surface area contributed by atoms with Gasteiger partial charge in [-0.1, -0.05) is 54.6 Å². The van der Waals surface area contributed by atoms with Gasteiger partial charge in [0.05, 0.1) is 23.7 Å². The van der Waals surface area contributed by atoms with Gasteiger partial charge in [-0.15, -0.1) is 0 Å². The molecule has 7 heteroatoms. The number of nitro groups is 1. The number of nitriles is 1. The normalized spacial score (nSPS) is 10.3. The molecule has 0 aliphatic heterocycles. The fourth-order valence-electron chi connectivity index (χ4n) is 3.57. The monoisotopic (exact) mass is 466 g/mol. The summed E-state index contributed by atoms with van der Waals surface area (Å²) in [7, 11) is 1.54. The molecule has 0 fully saturated rings. The maximum Gasteiger partial charge on any atom is 0.311 e. The van der Waals surface area contributed by atoms with E-state index in [4.69, 9.17) is 19.5 Å². The number of rotatable bonds is 9. The second kappa shape index (κ2) is 10.9. The van der Waals surface area contributed by atoms with Crippen LogP contribution in [0, 0.1) is 21.4 Å². The molecule has 4 rings (SSSR count). The summed E-state index contributed by atoms with van der Waals surface area (Å²) in [6, 6.07) is 29.0. The van der Waals surface area contributed by atoms with Crippen LogP contribution in [0.4, 0.5) is 5.69 Å². The van der Waals surface area contributed by atoms with Crippen molar-refractivity contribution in [2.75, 3.05) is 7.11 Å². The van der Waals surface area contributed by atoms with Crippen molar-refractivity contribution in [2.45, 2.75) is 13.2 Å². The van der Waals surface area contributed by atoms with Gasteiger partial charge in [0.15, 0.2) is 17.2 Å². The molecule has 0 aliphatic rings. The Morgan fingerprint density at radius 2 is 1.49 bits per heavy atom. The van der Waals surface area contributed by atoms with Gasteiger partial charge < -0.3 is 14.2 Å². The zero-order valence-corrected chi connectivity index (χ0v) is 19.0. The van der Waals surface area contributed by atoms with Gasteiger partial charge in [0.2, 0.25) is 0 Å². The average molecular weight is 466 g/mol. The number of ether oxygens (including phenoxy) is 3. The van der Waals surface area contributed by atoms with E-state index in [9.17, 15) is 10.1 Å². The van der Waals surface area contributed by atoms with Crippen molar-refractivity contribution in [1.82, 2.24) is 0 Å². The first-order valence-corrected chi connectivity index (χ1v) is 10.8. The fraction of sp³-hybridized carbons (Fsp3) is 0.107. The van der Waals surface area contributed by atoms with Crippen LogP contribution in [0.3, 0.4) is 0 Å². The molecule has 4 aromatic carbocycles. The number of benzene rings is 4. The summed E-state index contributed by atoms with van der Waals surface area (Å²) in [6.45, 7) is 0.397. The zero-order valence-electron chi connectivity index (χ0n) is 19.0. The molecule has 0 saturated carbocycles. The molecule has 35 heavy (non-hydrogen) atoms. The Balaban J connectivity index is 1.47. The summed E-state index contributed by atoms with van der Waals surface area (Å²) < 4.78 is 17.1. The van der Waals surface area contributed by atoms with Crippen molar-refractivity contribution in [2.24, 2.45) is 0 Å². The molecule has 0 radical (unpaired) electrons. The van der Waals surface area contributed by atoms with Crippen LogP contribution in [0.15, 0.2) is 91.0 Å². The predicted octanol–water partition coefficient (Wildman–Crippen LogP) is 6.30. The molecule has 0 unspecified atom stereocenters. The largest absolute Gasteiger partial charge is 0.493 e. The van der Waals surface area contributed by atoms with Crippen molar-refractivity contribution in [1.29, 1.82) is 5.26 Å².